The van der Waals surface area contributed by atoms with Gasteiger partial charge in [0.1, 0.15) is 5.82 Å². The summed E-state index contributed by atoms with van der Waals surface area (Å²) in [5.41, 5.74) is 3.48. The Bertz CT molecular complexity index is 852. The number of imidazole rings is 1. The van der Waals surface area contributed by atoms with Crippen molar-refractivity contribution in [2.45, 2.75) is 32.4 Å². The Balaban J connectivity index is 1.62. The van der Waals surface area contributed by atoms with Crippen molar-refractivity contribution in [3.05, 3.63) is 41.1 Å². The van der Waals surface area contributed by atoms with Gasteiger partial charge in [-0.1, -0.05) is 0 Å². The van der Waals surface area contributed by atoms with Crippen LogP contribution in [-0.4, -0.2) is 44.9 Å². The fourth-order valence-electron chi connectivity index (χ4n) is 3.42. The normalized spacial score (nSPS) is 18.5. The summed E-state index contributed by atoms with van der Waals surface area (Å²) in [6.45, 7) is 4.10. The third kappa shape index (κ3) is 2.67. The Hall–Kier alpha value is -1.99. The average Bonchev–Trinajstić information content (AvgIpc) is 3.26. The van der Waals surface area contributed by atoms with E-state index in [0.717, 1.165) is 41.7 Å². The molecule has 3 aromatic rings. The van der Waals surface area contributed by atoms with Gasteiger partial charge in [0, 0.05) is 32.2 Å². The van der Waals surface area contributed by atoms with Crippen LogP contribution in [0, 0.1) is 6.92 Å². The molecule has 6 nitrogen and oxygen atoms in total. The minimum absolute atomic E-state index is 0.334. The van der Waals surface area contributed by atoms with Gasteiger partial charge in [0.15, 0.2) is 4.96 Å². The van der Waals surface area contributed by atoms with Crippen LogP contribution in [0.2, 0.25) is 0 Å². The largest absolute Gasteiger partial charge is 0.361 e. The average molecular weight is 342 g/mol. The van der Waals surface area contributed by atoms with Crippen molar-refractivity contribution in [3.63, 3.8) is 0 Å². The maximum Gasteiger partial charge on any atom is 0.194 e. The summed E-state index contributed by atoms with van der Waals surface area (Å²) in [5.74, 6) is 0.917. The Labute approximate surface area is 145 Å². The maximum absolute atomic E-state index is 4.81. The van der Waals surface area contributed by atoms with Crippen LogP contribution in [0.3, 0.4) is 0 Å². The number of fused-ring (bicyclic) bond motifs is 1. The molecule has 0 amide bonds. The summed E-state index contributed by atoms with van der Waals surface area (Å²) in [6, 6.07) is 0.334. The second-order valence-corrected chi connectivity index (χ2v) is 7.40. The fraction of sp³-hybridized carbons (Fsp3) is 0.471. The molecule has 0 aliphatic carbocycles. The lowest BCUT2D eigenvalue weighted by atomic mass is 10.1. The van der Waals surface area contributed by atoms with E-state index in [2.05, 4.69) is 37.8 Å². The third-order valence-corrected chi connectivity index (χ3v) is 5.47. The van der Waals surface area contributed by atoms with Crippen molar-refractivity contribution >= 4 is 22.1 Å². The minimum Gasteiger partial charge on any atom is -0.361 e. The summed E-state index contributed by atoms with van der Waals surface area (Å²) in [4.78, 5) is 19.5. The molecule has 3 aromatic heterocycles. The van der Waals surface area contributed by atoms with E-state index in [9.17, 15) is 0 Å². The van der Waals surface area contributed by atoms with Gasteiger partial charge in [-0.25, -0.2) is 9.97 Å². The number of anilines is 1. The number of likely N-dealkylation sites (tertiary alicyclic amines) is 1. The summed E-state index contributed by atoms with van der Waals surface area (Å²) in [5, 5.41) is 2.10. The molecule has 1 atom stereocenters. The van der Waals surface area contributed by atoms with E-state index >= 15 is 0 Å². The first-order chi connectivity index (χ1) is 11.6. The monoisotopic (exact) mass is 342 g/mol. The first kappa shape index (κ1) is 15.5. The maximum atomic E-state index is 4.81. The van der Waals surface area contributed by atoms with Crippen LogP contribution < -0.4 is 4.90 Å². The molecule has 1 aliphatic rings. The van der Waals surface area contributed by atoms with Crippen molar-refractivity contribution in [1.29, 1.82) is 0 Å². The van der Waals surface area contributed by atoms with Crippen molar-refractivity contribution in [1.82, 2.24) is 24.3 Å². The zero-order valence-corrected chi connectivity index (χ0v) is 15.1. The van der Waals surface area contributed by atoms with Crippen molar-refractivity contribution in [3.8, 4) is 0 Å². The highest BCUT2D eigenvalue weighted by Crippen LogP contribution is 2.33. The topological polar surface area (TPSA) is 49.6 Å². The van der Waals surface area contributed by atoms with E-state index in [1.807, 2.05) is 31.4 Å². The summed E-state index contributed by atoms with van der Waals surface area (Å²) < 4.78 is 2.22. The predicted octanol–water partition coefficient (Wildman–Crippen LogP) is 2.90. The Kier molecular flexibility index (Phi) is 3.97. The van der Waals surface area contributed by atoms with E-state index in [4.69, 9.17) is 4.98 Å². The number of hydrogen-bond acceptors (Lipinski definition) is 6. The van der Waals surface area contributed by atoms with Gasteiger partial charge in [-0.05, 0) is 26.3 Å². The first-order valence-electron chi connectivity index (χ1n) is 8.28. The number of nitrogens with zero attached hydrogens (tertiary/aromatic N) is 6. The van der Waals surface area contributed by atoms with Crippen LogP contribution >= 0.6 is 11.3 Å². The zero-order valence-electron chi connectivity index (χ0n) is 14.3. The smallest absolute Gasteiger partial charge is 0.194 e. The lowest BCUT2D eigenvalue weighted by Crippen LogP contribution is -2.25. The van der Waals surface area contributed by atoms with Crippen molar-refractivity contribution in [2.75, 3.05) is 25.5 Å². The van der Waals surface area contributed by atoms with Gasteiger partial charge >= 0.3 is 0 Å². The molecule has 0 N–H and O–H groups in total. The van der Waals surface area contributed by atoms with Crippen LogP contribution in [0.4, 0.5) is 5.82 Å². The number of thiazole rings is 1. The standard InChI is InChI=1S/C17H22N6S/c1-12-15(23-7-8-24-17(23)19-12)11-22-6-4-5-14(22)13-9-18-10-16(20-13)21(2)3/h7-10,14H,4-6,11H2,1-3H3. The third-order valence-electron chi connectivity index (χ3n) is 4.72. The molecule has 7 heteroatoms. The summed E-state index contributed by atoms with van der Waals surface area (Å²) in [7, 11) is 4.01. The molecule has 1 saturated heterocycles. The van der Waals surface area contributed by atoms with Crippen LogP contribution in [0.1, 0.15) is 36.0 Å². The highest BCUT2D eigenvalue weighted by Gasteiger charge is 2.29. The minimum atomic E-state index is 0.334. The highest BCUT2D eigenvalue weighted by molar-refractivity contribution is 7.15. The van der Waals surface area contributed by atoms with Crippen molar-refractivity contribution in [2.24, 2.45) is 0 Å². The van der Waals surface area contributed by atoms with Crippen LogP contribution in [-0.2, 0) is 6.54 Å². The van der Waals surface area contributed by atoms with Crippen LogP contribution in [0.5, 0.6) is 0 Å². The molecule has 4 heterocycles. The molecule has 0 bridgehead atoms. The molecule has 0 saturated carbocycles. The molecule has 0 radical (unpaired) electrons. The Morgan fingerprint density at radius 3 is 3.00 bits per heavy atom. The van der Waals surface area contributed by atoms with Gasteiger partial charge in [0.2, 0.25) is 0 Å². The second-order valence-electron chi connectivity index (χ2n) is 6.52. The van der Waals surface area contributed by atoms with E-state index < -0.39 is 0 Å². The van der Waals surface area contributed by atoms with Crippen LogP contribution in [0.15, 0.2) is 24.0 Å². The van der Waals surface area contributed by atoms with Gasteiger partial charge in [-0.3, -0.25) is 14.3 Å². The molecular formula is C17H22N6S. The van der Waals surface area contributed by atoms with Crippen molar-refractivity contribution < 1.29 is 0 Å². The highest BCUT2D eigenvalue weighted by atomic mass is 32.1. The second kappa shape index (κ2) is 6.14. The molecular weight excluding hydrogens is 320 g/mol. The van der Waals surface area contributed by atoms with Gasteiger partial charge in [0.25, 0.3) is 0 Å². The Morgan fingerprint density at radius 2 is 2.17 bits per heavy atom. The van der Waals surface area contributed by atoms with Gasteiger partial charge in [-0.2, -0.15) is 0 Å². The Morgan fingerprint density at radius 1 is 1.29 bits per heavy atom. The predicted molar refractivity (Wildman–Crippen MR) is 96.6 cm³/mol. The fourth-order valence-corrected chi connectivity index (χ4v) is 4.20. The quantitative estimate of drug-likeness (QED) is 0.730. The SMILES string of the molecule is Cc1nc2sccn2c1CN1CCCC1c1cncc(N(C)C)n1. The molecule has 1 fully saturated rings. The molecule has 4 rings (SSSR count). The van der Waals surface area contributed by atoms with Gasteiger partial charge in [-0.15, -0.1) is 11.3 Å². The molecule has 126 valence electrons. The van der Waals surface area contributed by atoms with Crippen LogP contribution in [0.25, 0.3) is 4.96 Å². The van der Waals surface area contributed by atoms with E-state index in [0.29, 0.717) is 6.04 Å². The van der Waals surface area contributed by atoms with Gasteiger partial charge < -0.3 is 4.90 Å². The number of rotatable bonds is 4. The molecule has 24 heavy (non-hydrogen) atoms. The van der Waals surface area contributed by atoms with E-state index in [1.165, 1.54) is 12.1 Å². The molecule has 0 spiro atoms. The summed E-state index contributed by atoms with van der Waals surface area (Å²) in [6.07, 6.45) is 8.18. The van der Waals surface area contributed by atoms with E-state index in [1.54, 1.807) is 11.3 Å². The zero-order chi connectivity index (χ0) is 16.7. The number of aryl methyl sites for hydroxylation is 1. The number of aromatic nitrogens is 4. The lowest BCUT2D eigenvalue weighted by molar-refractivity contribution is 0.240. The first-order valence-corrected chi connectivity index (χ1v) is 9.16. The molecule has 1 unspecified atom stereocenters. The van der Waals surface area contributed by atoms with E-state index in [-0.39, 0.29) is 0 Å². The molecule has 1 aliphatic heterocycles. The number of hydrogen-bond donors (Lipinski definition) is 0. The molecule has 0 aromatic carbocycles. The summed E-state index contributed by atoms with van der Waals surface area (Å²) >= 11 is 1.69. The van der Waals surface area contributed by atoms with Gasteiger partial charge in [0.05, 0.1) is 35.5 Å². The lowest BCUT2D eigenvalue weighted by Gasteiger charge is -2.24.